The minimum atomic E-state index is -1.75. The van der Waals surface area contributed by atoms with Gasteiger partial charge >= 0.3 is 0 Å². The molecule has 0 aliphatic carbocycles. The first-order valence-corrected chi connectivity index (χ1v) is 6.10. The molecule has 0 aromatic carbocycles. The predicted octanol–water partition coefficient (Wildman–Crippen LogP) is 2.54. The zero-order valence-electron chi connectivity index (χ0n) is 7.99. The Kier molecular flexibility index (Phi) is 6.42. The molecule has 1 unspecified atom stereocenters. The summed E-state index contributed by atoms with van der Waals surface area (Å²) in [5, 5.41) is 0. The number of hydrogen-bond acceptors (Lipinski definition) is 3. The van der Waals surface area contributed by atoms with E-state index < -0.39 is 7.73 Å². The summed E-state index contributed by atoms with van der Waals surface area (Å²) in [5.74, 6) is 0. The lowest BCUT2D eigenvalue weighted by Gasteiger charge is -2.29. The molecule has 3 nitrogen and oxygen atoms in total. The molecule has 0 amide bonds. The van der Waals surface area contributed by atoms with Crippen LogP contribution in [-0.4, -0.2) is 28.6 Å². The lowest BCUT2D eigenvalue weighted by molar-refractivity contribution is 0.0726. The maximum Gasteiger partial charge on any atom is 0.275 e. The van der Waals surface area contributed by atoms with E-state index in [2.05, 4.69) is 32.6 Å². The van der Waals surface area contributed by atoms with Crippen LogP contribution in [0.5, 0.6) is 0 Å². The van der Waals surface area contributed by atoms with Gasteiger partial charge in [0, 0.05) is 12.1 Å². The summed E-state index contributed by atoms with van der Waals surface area (Å²) in [4.78, 5) is 10.9. The summed E-state index contributed by atoms with van der Waals surface area (Å²) in [6.45, 7) is 8.71. The van der Waals surface area contributed by atoms with E-state index in [0.717, 1.165) is 0 Å². The molecule has 0 aliphatic rings. The summed E-state index contributed by atoms with van der Waals surface area (Å²) in [6, 6.07) is 0.799. The van der Waals surface area contributed by atoms with Crippen molar-refractivity contribution in [3.05, 3.63) is 0 Å². The Balaban J connectivity index is 3.80. The van der Waals surface area contributed by atoms with Gasteiger partial charge in [0.15, 0.2) is 0 Å². The zero-order valence-corrected chi connectivity index (χ0v) is 9.64. The molecule has 1 atom stereocenters. The van der Waals surface area contributed by atoms with E-state index in [4.69, 9.17) is 20.7 Å². The van der Waals surface area contributed by atoms with Gasteiger partial charge in [-0.3, -0.25) is 4.90 Å². The molecule has 0 radical (unpaired) electrons. The molecule has 0 aromatic heterocycles. The van der Waals surface area contributed by atoms with Crippen LogP contribution in [0.3, 0.4) is 0 Å². The number of nitrogens with zero attached hydrogens (tertiary/aromatic N) is 1. The lowest BCUT2D eigenvalue weighted by atomic mass is 10.2. The summed E-state index contributed by atoms with van der Waals surface area (Å²) < 4.78 is 4.94. The van der Waals surface area contributed by atoms with Crippen LogP contribution in [0, 0.1) is 0 Å². The maximum absolute atomic E-state index is 8.75. The van der Waals surface area contributed by atoms with Crippen LogP contribution in [0.2, 0.25) is 0 Å². The number of rotatable bonds is 5. The van der Waals surface area contributed by atoms with E-state index in [1.54, 1.807) is 0 Å². The molecule has 74 valence electrons. The van der Waals surface area contributed by atoms with Gasteiger partial charge in [0.2, 0.25) is 0 Å². The highest BCUT2D eigenvalue weighted by molar-refractivity contribution is 7.75. The fraction of sp³-hybridized carbons (Fsp3) is 1.00. The van der Waals surface area contributed by atoms with E-state index in [1.807, 2.05) is 0 Å². The van der Waals surface area contributed by atoms with Gasteiger partial charge in [0.25, 0.3) is 7.73 Å². The summed E-state index contributed by atoms with van der Waals surface area (Å²) >= 11 is 5.30. The van der Waals surface area contributed by atoms with Gasteiger partial charge in [-0.2, -0.15) is 0 Å². The van der Waals surface area contributed by atoms with E-state index in [-0.39, 0.29) is 0 Å². The van der Waals surface area contributed by atoms with E-state index in [1.165, 1.54) is 0 Å². The zero-order chi connectivity index (χ0) is 9.72. The van der Waals surface area contributed by atoms with Crippen molar-refractivity contribution in [2.24, 2.45) is 0 Å². The van der Waals surface area contributed by atoms with Gasteiger partial charge in [-0.15, -0.1) is 0 Å². The monoisotopic (exact) mass is 213 g/mol. The first-order chi connectivity index (χ1) is 5.45. The van der Waals surface area contributed by atoms with Crippen molar-refractivity contribution in [2.45, 2.75) is 39.8 Å². The average Bonchev–Trinajstić information content (AvgIpc) is 1.84. The molecule has 0 aromatic rings. The maximum atomic E-state index is 8.75. The Morgan fingerprint density at radius 3 is 2.00 bits per heavy atom. The molecule has 1 N–H and O–H groups in total. The highest BCUT2D eigenvalue weighted by Crippen LogP contribution is 2.37. The first-order valence-electron chi connectivity index (χ1n) is 3.98. The van der Waals surface area contributed by atoms with Crippen LogP contribution in [0.1, 0.15) is 27.7 Å². The highest BCUT2D eigenvalue weighted by atomic mass is 35.7. The van der Waals surface area contributed by atoms with E-state index in [9.17, 15) is 0 Å². The third-order valence-electron chi connectivity index (χ3n) is 1.64. The SMILES string of the molecule is CC(C)N(COP(O)Cl)C(C)C. The van der Waals surface area contributed by atoms with Crippen molar-refractivity contribution in [1.82, 2.24) is 4.90 Å². The molecular weight excluding hydrogens is 197 g/mol. The fourth-order valence-corrected chi connectivity index (χ4v) is 1.37. The number of halogens is 1. The van der Waals surface area contributed by atoms with Crippen molar-refractivity contribution in [3.8, 4) is 0 Å². The van der Waals surface area contributed by atoms with Crippen molar-refractivity contribution >= 4 is 19.0 Å². The van der Waals surface area contributed by atoms with E-state index >= 15 is 0 Å². The van der Waals surface area contributed by atoms with Crippen LogP contribution in [0.15, 0.2) is 0 Å². The van der Waals surface area contributed by atoms with Crippen LogP contribution < -0.4 is 0 Å². The van der Waals surface area contributed by atoms with Crippen molar-refractivity contribution in [3.63, 3.8) is 0 Å². The molecular formula is C7H17ClNO2P. The minimum Gasteiger partial charge on any atom is -0.338 e. The van der Waals surface area contributed by atoms with Gasteiger partial charge in [0.1, 0.15) is 6.73 Å². The molecule has 0 spiro atoms. The smallest absolute Gasteiger partial charge is 0.275 e. The largest absolute Gasteiger partial charge is 0.338 e. The van der Waals surface area contributed by atoms with Crippen LogP contribution in [0.4, 0.5) is 0 Å². The summed E-state index contributed by atoms with van der Waals surface area (Å²) in [5.41, 5.74) is 0. The third-order valence-corrected chi connectivity index (χ3v) is 2.26. The lowest BCUT2D eigenvalue weighted by Crippen LogP contribution is -2.38. The minimum absolute atomic E-state index is 0.390. The Morgan fingerprint density at radius 1 is 1.33 bits per heavy atom. The summed E-state index contributed by atoms with van der Waals surface area (Å²) in [6.07, 6.45) is 0. The Hall–Kier alpha value is 0.600. The normalized spacial score (nSPS) is 14.8. The van der Waals surface area contributed by atoms with Crippen molar-refractivity contribution in [2.75, 3.05) is 6.73 Å². The van der Waals surface area contributed by atoms with Gasteiger partial charge in [-0.25, -0.2) is 0 Å². The second-order valence-electron chi connectivity index (χ2n) is 3.19. The Morgan fingerprint density at radius 2 is 1.75 bits per heavy atom. The molecule has 0 saturated heterocycles. The van der Waals surface area contributed by atoms with Crippen LogP contribution in [0.25, 0.3) is 0 Å². The van der Waals surface area contributed by atoms with Gasteiger partial charge in [-0.1, -0.05) is 0 Å². The standard InChI is InChI=1S/C7H17ClNO2P/c1-6(2)9(7(3)4)5-11-12(8)10/h6-7,10H,5H2,1-4H3. The third kappa shape index (κ3) is 5.28. The molecule has 0 heterocycles. The number of hydrogen-bond donors (Lipinski definition) is 1. The quantitative estimate of drug-likeness (QED) is 0.563. The Labute approximate surface area is 80.4 Å². The average molecular weight is 214 g/mol. The second kappa shape index (κ2) is 6.11. The molecule has 0 saturated carbocycles. The molecule has 0 rings (SSSR count). The van der Waals surface area contributed by atoms with Crippen LogP contribution in [-0.2, 0) is 4.52 Å². The first kappa shape index (κ1) is 12.6. The van der Waals surface area contributed by atoms with Crippen molar-refractivity contribution in [1.29, 1.82) is 0 Å². The van der Waals surface area contributed by atoms with Crippen molar-refractivity contribution < 1.29 is 9.42 Å². The molecule has 0 fully saturated rings. The summed E-state index contributed by atoms with van der Waals surface area (Å²) in [7, 11) is -1.75. The van der Waals surface area contributed by atoms with Crippen LogP contribution >= 0.6 is 19.0 Å². The fourth-order valence-electron chi connectivity index (χ4n) is 1.01. The highest BCUT2D eigenvalue weighted by Gasteiger charge is 2.14. The van der Waals surface area contributed by atoms with Gasteiger partial charge in [-0.05, 0) is 38.9 Å². The molecule has 5 heteroatoms. The second-order valence-corrected chi connectivity index (χ2v) is 4.76. The molecule has 0 bridgehead atoms. The molecule has 12 heavy (non-hydrogen) atoms. The van der Waals surface area contributed by atoms with Gasteiger partial charge < -0.3 is 9.42 Å². The predicted molar refractivity (Wildman–Crippen MR) is 53.1 cm³/mol. The molecule has 0 aliphatic heterocycles. The van der Waals surface area contributed by atoms with Gasteiger partial charge in [0.05, 0.1) is 0 Å². The Bertz CT molecular complexity index is 114. The van der Waals surface area contributed by atoms with E-state index in [0.29, 0.717) is 18.8 Å². The topological polar surface area (TPSA) is 32.7 Å².